The van der Waals surface area contributed by atoms with E-state index in [1.165, 1.54) is 0 Å². The van der Waals surface area contributed by atoms with Crippen LogP contribution in [0.4, 0.5) is 0 Å². The number of aryl methyl sites for hydroxylation is 1. The van der Waals surface area contributed by atoms with E-state index in [1.54, 1.807) is 13.8 Å². The average molecular weight is 287 g/mol. The third kappa shape index (κ3) is 3.52. The Balaban J connectivity index is 2.69. The van der Waals surface area contributed by atoms with Crippen molar-refractivity contribution < 1.29 is 14.3 Å². The van der Waals surface area contributed by atoms with Crippen molar-refractivity contribution in [3.05, 3.63) is 28.2 Å². The number of carbonyl (C=O) groups is 1. The summed E-state index contributed by atoms with van der Waals surface area (Å²) in [6, 6.07) is 5.69. The van der Waals surface area contributed by atoms with Gasteiger partial charge in [-0.05, 0) is 54.4 Å². The number of hydrogen-bond acceptors (Lipinski definition) is 3. The van der Waals surface area contributed by atoms with Crippen LogP contribution < -0.4 is 4.74 Å². The molecule has 0 amide bonds. The van der Waals surface area contributed by atoms with Gasteiger partial charge in [0.1, 0.15) is 5.75 Å². The van der Waals surface area contributed by atoms with Gasteiger partial charge in [-0.25, -0.2) is 4.79 Å². The van der Waals surface area contributed by atoms with Gasteiger partial charge in [0.05, 0.1) is 11.1 Å². The fourth-order valence-corrected chi connectivity index (χ4v) is 1.79. The average Bonchev–Trinajstić information content (AvgIpc) is 2.22. The molecule has 0 radical (unpaired) electrons. The van der Waals surface area contributed by atoms with Gasteiger partial charge in [0.15, 0.2) is 6.10 Å². The maximum atomic E-state index is 11.4. The van der Waals surface area contributed by atoms with E-state index in [9.17, 15) is 4.79 Å². The van der Waals surface area contributed by atoms with Crippen LogP contribution in [0.5, 0.6) is 5.75 Å². The molecule has 1 aromatic rings. The predicted octanol–water partition coefficient (Wildman–Crippen LogP) is 3.09. The molecule has 0 aliphatic carbocycles. The lowest BCUT2D eigenvalue weighted by Crippen LogP contribution is -2.26. The Bertz CT molecular complexity index is 377. The number of ether oxygens (including phenoxy) is 2. The van der Waals surface area contributed by atoms with Crippen molar-refractivity contribution in [2.45, 2.75) is 26.9 Å². The summed E-state index contributed by atoms with van der Waals surface area (Å²) in [5.74, 6) is 0.293. The normalized spacial score (nSPS) is 12.0. The number of halogens is 1. The third-order valence-electron chi connectivity index (χ3n) is 2.01. The van der Waals surface area contributed by atoms with Gasteiger partial charge in [0, 0.05) is 0 Å². The lowest BCUT2D eigenvalue weighted by Gasteiger charge is -2.14. The molecule has 0 aliphatic heterocycles. The largest absolute Gasteiger partial charge is 0.478 e. The Morgan fingerprint density at radius 1 is 1.50 bits per heavy atom. The van der Waals surface area contributed by atoms with E-state index in [0.717, 1.165) is 10.0 Å². The van der Waals surface area contributed by atoms with Crippen molar-refractivity contribution in [3.63, 3.8) is 0 Å². The highest BCUT2D eigenvalue weighted by atomic mass is 79.9. The number of carbonyl (C=O) groups excluding carboxylic acids is 1. The van der Waals surface area contributed by atoms with Crippen molar-refractivity contribution in [2.24, 2.45) is 0 Å². The lowest BCUT2D eigenvalue weighted by molar-refractivity contribution is -0.150. The van der Waals surface area contributed by atoms with E-state index in [1.807, 2.05) is 25.1 Å². The van der Waals surface area contributed by atoms with E-state index in [2.05, 4.69) is 15.9 Å². The summed E-state index contributed by atoms with van der Waals surface area (Å²) in [4.78, 5) is 11.4. The van der Waals surface area contributed by atoms with Gasteiger partial charge in [-0.15, -0.1) is 0 Å². The van der Waals surface area contributed by atoms with E-state index in [4.69, 9.17) is 9.47 Å². The molecule has 0 aromatic heterocycles. The smallest absolute Gasteiger partial charge is 0.347 e. The van der Waals surface area contributed by atoms with Crippen LogP contribution in [0.25, 0.3) is 0 Å². The molecule has 0 spiro atoms. The van der Waals surface area contributed by atoms with Crippen molar-refractivity contribution in [3.8, 4) is 5.75 Å². The summed E-state index contributed by atoms with van der Waals surface area (Å²) < 4.78 is 11.2. The molecule has 1 atom stereocenters. The molecule has 0 bridgehead atoms. The topological polar surface area (TPSA) is 35.5 Å². The maximum absolute atomic E-state index is 11.4. The SMILES string of the molecule is CCOC(=O)[C@@H](C)Oc1ccc(C)cc1Br. The second-order valence-electron chi connectivity index (χ2n) is 3.45. The molecule has 0 saturated carbocycles. The lowest BCUT2D eigenvalue weighted by atomic mass is 10.2. The van der Waals surface area contributed by atoms with E-state index in [-0.39, 0.29) is 5.97 Å². The minimum atomic E-state index is -0.598. The summed E-state index contributed by atoms with van der Waals surface area (Å²) in [5.41, 5.74) is 1.13. The molecule has 0 aliphatic rings. The van der Waals surface area contributed by atoms with Crippen LogP contribution >= 0.6 is 15.9 Å². The molecule has 3 nitrogen and oxygen atoms in total. The van der Waals surface area contributed by atoms with Gasteiger partial charge >= 0.3 is 5.97 Å². The summed E-state index contributed by atoms with van der Waals surface area (Å²) in [6.07, 6.45) is -0.598. The van der Waals surface area contributed by atoms with Gasteiger partial charge in [-0.2, -0.15) is 0 Å². The minimum absolute atomic E-state index is 0.352. The zero-order valence-electron chi connectivity index (χ0n) is 9.62. The summed E-state index contributed by atoms with van der Waals surface area (Å²) >= 11 is 3.39. The molecule has 0 heterocycles. The molecule has 0 unspecified atom stereocenters. The van der Waals surface area contributed by atoms with E-state index in [0.29, 0.717) is 12.4 Å². The maximum Gasteiger partial charge on any atom is 0.347 e. The molecule has 1 aromatic carbocycles. The fourth-order valence-electron chi connectivity index (χ4n) is 1.20. The Morgan fingerprint density at radius 2 is 2.19 bits per heavy atom. The second kappa shape index (κ2) is 5.89. The molecule has 0 saturated heterocycles. The highest BCUT2D eigenvalue weighted by Gasteiger charge is 2.16. The van der Waals surface area contributed by atoms with Crippen LogP contribution in [0, 0.1) is 6.92 Å². The van der Waals surface area contributed by atoms with Crippen molar-refractivity contribution in [1.82, 2.24) is 0 Å². The predicted molar refractivity (Wildman–Crippen MR) is 65.6 cm³/mol. The molecule has 0 fully saturated rings. The van der Waals surface area contributed by atoms with Crippen LogP contribution in [0.15, 0.2) is 22.7 Å². The molecule has 16 heavy (non-hydrogen) atoms. The van der Waals surface area contributed by atoms with Gasteiger partial charge in [0.2, 0.25) is 0 Å². The van der Waals surface area contributed by atoms with Crippen LogP contribution in [-0.4, -0.2) is 18.7 Å². The monoisotopic (exact) mass is 286 g/mol. The Morgan fingerprint density at radius 3 is 2.75 bits per heavy atom. The zero-order valence-corrected chi connectivity index (χ0v) is 11.2. The van der Waals surface area contributed by atoms with Crippen molar-refractivity contribution in [1.29, 1.82) is 0 Å². The number of benzene rings is 1. The van der Waals surface area contributed by atoms with Gasteiger partial charge in [-0.3, -0.25) is 0 Å². The first-order chi connectivity index (χ1) is 7.54. The first kappa shape index (κ1) is 13.0. The van der Waals surface area contributed by atoms with Crippen molar-refractivity contribution >= 4 is 21.9 Å². The summed E-state index contributed by atoms with van der Waals surface area (Å²) in [7, 11) is 0. The molecular weight excluding hydrogens is 272 g/mol. The van der Waals surface area contributed by atoms with Gasteiger partial charge in [0.25, 0.3) is 0 Å². The Labute approximate surface area is 104 Å². The Hall–Kier alpha value is -1.03. The standard InChI is InChI=1S/C12H15BrO3/c1-4-15-12(14)9(3)16-11-6-5-8(2)7-10(11)13/h5-7,9H,4H2,1-3H3/t9-/m1/s1. The molecular formula is C12H15BrO3. The van der Waals surface area contributed by atoms with Crippen molar-refractivity contribution in [2.75, 3.05) is 6.61 Å². The first-order valence-corrected chi connectivity index (χ1v) is 5.93. The number of rotatable bonds is 4. The van der Waals surface area contributed by atoms with Crippen LogP contribution in [0.1, 0.15) is 19.4 Å². The summed E-state index contributed by atoms with van der Waals surface area (Å²) in [5, 5.41) is 0. The minimum Gasteiger partial charge on any atom is -0.478 e. The van der Waals surface area contributed by atoms with Crippen LogP contribution in [0.2, 0.25) is 0 Å². The highest BCUT2D eigenvalue weighted by molar-refractivity contribution is 9.10. The third-order valence-corrected chi connectivity index (χ3v) is 2.63. The zero-order chi connectivity index (χ0) is 12.1. The first-order valence-electron chi connectivity index (χ1n) is 5.14. The van der Waals surface area contributed by atoms with E-state index >= 15 is 0 Å². The molecule has 1 rings (SSSR count). The quantitative estimate of drug-likeness (QED) is 0.798. The van der Waals surface area contributed by atoms with Crippen LogP contribution in [-0.2, 0) is 9.53 Å². The van der Waals surface area contributed by atoms with Crippen LogP contribution in [0.3, 0.4) is 0 Å². The molecule has 0 N–H and O–H groups in total. The Kier molecular flexibility index (Phi) is 4.80. The fraction of sp³-hybridized carbons (Fsp3) is 0.417. The summed E-state index contributed by atoms with van der Waals surface area (Å²) in [6.45, 7) is 5.79. The number of esters is 1. The van der Waals surface area contributed by atoms with Gasteiger partial charge < -0.3 is 9.47 Å². The van der Waals surface area contributed by atoms with E-state index < -0.39 is 6.10 Å². The second-order valence-corrected chi connectivity index (χ2v) is 4.30. The number of hydrogen-bond donors (Lipinski definition) is 0. The highest BCUT2D eigenvalue weighted by Crippen LogP contribution is 2.26. The molecule has 4 heteroatoms. The van der Waals surface area contributed by atoms with Gasteiger partial charge in [-0.1, -0.05) is 6.07 Å². The molecule has 88 valence electrons.